The number of nitrogens with one attached hydrogen (secondary N) is 1. The summed E-state index contributed by atoms with van der Waals surface area (Å²) in [6.07, 6.45) is 0. The Labute approximate surface area is 118 Å². The molecule has 0 spiro atoms. The lowest BCUT2D eigenvalue weighted by atomic mass is 10.3. The molecule has 0 fully saturated rings. The van der Waals surface area contributed by atoms with Crippen LogP contribution in [-0.4, -0.2) is 54.4 Å². The van der Waals surface area contributed by atoms with E-state index in [9.17, 15) is 0 Å². The maximum Gasteiger partial charge on any atom is 0.253 e. The molecule has 1 aromatic heterocycles. The second kappa shape index (κ2) is 6.38. The summed E-state index contributed by atoms with van der Waals surface area (Å²) in [7, 11) is 3.97. The van der Waals surface area contributed by atoms with Gasteiger partial charge in [0.05, 0.1) is 12.1 Å². The molecule has 0 bridgehead atoms. The number of fused-ring (bicyclic) bond motifs is 1. The summed E-state index contributed by atoms with van der Waals surface area (Å²) in [5.74, 6) is 0.417. The molecule has 0 unspecified atom stereocenters. The van der Waals surface area contributed by atoms with E-state index >= 15 is 0 Å². The van der Waals surface area contributed by atoms with E-state index in [1.165, 1.54) is 0 Å². The van der Waals surface area contributed by atoms with Crippen LogP contribution < -0.4 is 4.84 Å². The summed E-state index contributed by atoms with van der Waals surface area (Å²) in [6.45, 7) is 3.57. The summed E-state index contributed by atoms with van der Waals surface area (Å²) in [5.41, 5.74) is 1.63. The van der Waals surface area contributed by atoms with Gasteiger partial charge in [0.25, 0.3) is 5.90 Å². The molecule has 0 aliphatic rings. The van der Waals surface area contributed by atoms with Gasteiger partial charge in [-0.25, -0.2) is 4.98 Å². The molecule has 2 aromatic rings. The van der Waals surface area contributed by atoms with Crippen LogP contribution in [0.1, 0.15) is 12.7 Å². The quantitative estimate of drug-likeness (QED) is 0.639. The van der Waals surface area contributed by atoms with Crippen molar-refractivity contribution in [1.82, 2.24) is 14.6 Å². The summed E-state index contributed by atoms with van der Waals surface area (Å²) in [5, 5.41) is 7.93. The van der Waals surface area contributed by atoms with Crippen molar-refractivity contribution in [1.29, 1.82) is 5.41 Å². The van der Waals surface area contributed by atoms with Crippen molar-refractivity contribution >= 4 is 16.9 Å². The molecule has 0 saturated carbocycles. The van der Waals surface area contributed by atoms with Gasteiger partial charge in [0.15, 0.2) is 0 Å². The normalized spacial score (nSPS) is 11.0. The molecule has 6 nitrogen and oxygen atoms in total. The molecule has 1 aromatic carbocycles. The van der Waals surface area contributed by atoms with Crippen molar-refractivity contribution in [3.63, 3.8) is 0 Å². The van der Waals surface area contributed by atoms with Gasteiger partial charge in [-0.1, -0.05) is 12.1 Å². The number of rotatable bonds is 6. The van der Waals surface area contributed by atoms with Gasteiger partial charge in [0, 0.05) is 6.54 Å². The second-order valence-corrected chi connectivity index (χ2v) is 4.62. The summed E-state index contributed by atoms with van der Waals surface area (Å²) in [6, 6.07) is 7.64. The standard InChI is InChI=1S/C14H20N4O2/c1-4-19-13(15)14-16-11-7-5-6-8-12(11)18(14)20-10-9-17(2)3/h5-8,15H,4,9-10H2,1-3H3. The molecule has 0 atom stereocenters. The Balaban J connectivity index is 2.32. The summed E-state index contributed by atoms with van der Waals surface area (Å²) < 4.78 is 6.82. The summed E-state index contributed by atoms with van der Waals surface area (Å²) >= 11 is 0. The second-order valence-electron chi connectivity index (χ2n) is 4.62. The Kier molecular flexibility index (Phi) is 4.57. The first-order valence-corrected chi connectivity index (χ1v) is 6.60. The number of hydrogen-bond donors (Lipinski definition) is 1. The Morgan fingerprint density at radius 2 is 2.10 bits per heavy atom. The van der Waals surface area contributed by atoms with Gasteiger partial charge in [-0.05, 0) is 33.2 Å². The van der Waals surface area contributed by atoms with Crippen LogP contribution in [0.25, 0.3) is 11.0 Å². The van der Waals surface area contributed by atoms with E-state index in [0.717, 1.165) is 17.6 Å². The van der Waals surface area contributed by atoms with Gasteiger partial charge in [-0.3, -0.25) is 5.41 Å². The minimum Gasteiger partial charge on any atom is -0.476 e. The monoisotopic (exact) mass is 276 g/mol. The fourth-order valence-electron chi connectivity index (χ4n) is 1.80. The molecule has 2 rings (SSSR count). The topological polar surface area (TPSA) is 63.4 Å². The number of hydrogen-bond acceptors (Lipinski definition) is 5. The van der Waals surface area contributed by atoms with Crippen LogP contribution in [0.15, 0.2) is 24.3 Å². The zero-order valence-electron chi connectivity index (χ0n) is 12.1. The highest BCUT2D eigenvalue weighted by Crippen LogP contribution is 2.15. The van der Waals surface area contributed by atoms with Crippen molar-refractivity contribution in [2.75, 3.05) is 33.9 Å². The van der Waals surface area contributed by atoms with Crippen LogP contribution in [0, 0.1) is 5.41 Å². The minimum atomic E-state index is 0.0218. The van der Waals surface area contributed by atoms with Crippen LogP contribution in [0.2, 0.25) is 0 Å². The van der Waals surface area contributed by atoms with E-state index in [4.69, 9.17) is 15.0 Å². The summed E-state index contributed by atoms with van der Waals surface area (Å²) in [4.78, 5) is 12.2. The Hall–Kier alpha value is -2.08. The SMILES string of the molecule is CCOC(=N)c1nc2ccccc2n1OCCN(C)C. The van der Waals surface area contributed by atoms with E-state index in [-0.39, 0.29) is 5.90 Å². The molecular formula is C14H20N4O2. The first-order valence-electron chi connectivity index (χ1n) is 6.60. The third kappa shape index (κ3) is 3.08. The van der Waals surface area contributed by atoms with Gasteiger partial charge in [-0.2, -0.15) is 4.73 Å². The van der Waals surface area contributed by atoms with Gasteiger partial charge in [0.2, 0.25) is 5.82 Å². The average Bonchev–Trinajstić information content (AvgIpc) is 2.78. The molecule has 0 amide bonds. The zero-order chi connectivity index (χ0) is 14.5. The smallest absolute Gasteiger partial charge is 0.253 e. The Morgan fingerprint density at radius 1 is 1.35 bits per heavy atom. The fourth-order valence-corrected chi connectivity index (χ4v) is 1.80. The Bertz CT molecular complexity index is 592. The van der Waals surface area contributed by atoms with Crippen LogP contribution in [-0.2, 0) is 4.74 Å². The third-order valence-corrected chi connectivity index (χ3v) is 2.77. The molecule has 0 saturated heterocycles. The van der Waals surface area contributed by atoms with Crippen molar-refractivity contribution < 1.29 is 9.57 Å². The van der Waals surface area contributed by atoms with Gasteiger partial charge in [-0.15, -0.1) is 0 Å². The van der Waals surface area contributed by atoms with E-state index in [1.807, 2.05) is 50.2 Å². The van der Waals surface area contributed by atoms with Crippen LogP contribution in [0.4, 0.5) is 0 Å². The predicted molar refractivity (Wildman–Crippen MR) is 78.2 cm³/mol. The number of likely N-dealkylation sites (N-methyl/N-ethyl adjacent to an activating group) is 1. The average molecular weight is 276 g/mol. The highest BCUT2D eigenvalue weighted by Gasteiger charge is 2.16. The maximum absolute atomic E-state index is 7.93. The lowest BCUT2D eigenvalue weighted by Crippen LogP contribution is -2.26. The zero-order valence-corrected chi connectivity index (χ0v) is 12.1. The van der Waals surface area contributed by atoms with Crippen molar-refractivity contribution in [2.24, 2.45) is 0 Å². The van der Waals surface area contributed by atoms with Crippen LogP contribution in [0.3, 0.4) is 0 Å². The largest absolute Gasteiger partial charge is 0.476 e. The van der Waals surface area contributed by atoms with E-state index < -0.39 is 0 Å². The van der Waals surface area contributed by atoms with E-state index in [1.54, 1.807) is 4.73 Å². The van der Waals surface area contributed by atoms with Crippen molar-refractivity contribution in [2.45, 2.75) is 6.92 Å². The predicted octanol–water partition coefficient (Wildman–Crippen LogP) is 1.39. The molecule has 1 heterocycles. The highest BCUT2D eigenvalue weighted by molar-refractivity contribution is 5.92. The highest BCUT2D eigenvalue weighted by atomic mass is 16.7. The molecular weight excluding hydrogens is 256 g/mol. The first-order chi connectivity index (χ1) is 9.63. The number of imidazole rings is 1. The minimum absolute atomic E-state index is 0.0218. The van der Waals surface area contributed by atoms with E-state index in [2.05, 4.69) is 4.98 Å². The first kappa shape index (κ1) is 14.3. The molecule has 1 N–H and O–H groups in total. The lowest BCUT2D eigenvalue weighted by molar-refractivity contribution is 0.101. The maximum atomic E-state index is 7.93. The van der Waals surface area contributed by atoms with Gasteiger partial charge < -0.3 is 14.5 Å². The van der Waals surface area contributed by atoms with Gasteiger partial charge in [0.1, 0.15) is 12.1 Å². The lowest BCUT2D eigenvalue weighted by Gasteiger charge is -2.14. The molecule has 0 aliphatic carbocycles. The molecule has 108 valence electrons. The number of benzene rings is 1. The van der Waals surface area contributed by atoms with Crippen molar-refractivity contribution in [3.8, 4) is 0 Å². The van der Waals surface area contributed by atoms with Crippen LogP contribution >= 0.6 is 0 Å². The molecule has 0 aliphatic heterocycles. The molecule has 6 heteroatoms. The number of nitrogens with zero attached hydrogens (tertiary/aromatic N) is 3. The number of ether oxygens (including phenoxy) is 1. The molecule has 20 heavy (non-hydrogen) atoms. The fraction of sp³-hybridized carbons (Fsp3) is 0.429. The van der Waals surface area contributed by atoms with Crippen molar-refractivity contribution in [3.05, 3.63) is 30.1 Å². The number of aromatic nitrogens is 2. The number of para-hydroxylation sites is 2. The van der Waals surface area contributed by atoms with E-state index in [0.29, 0.717) is 19.0 Å². The Morgan fingerprint density at radius 3 is 2.80 bits per heavy atom. The van der Waals surface area contributed by atoms with Crippen LogP contribution in [0.5, 0.6) is 0 Å². The molecule has 0 radical (unpaired) electrons. The third-order valence-electron chi connectivity index (χ3n) is 2.77. The van der Waals surface area contributed by atoms with Gasteiger partial charge >= 0.3 is 0 Å².